The van der Waals surface area contributed by atoms with E-state index in [9.17, 15) is 9.59 Å². The highest BCUT2D eigenvalue weighted by atomic mass is 16.5. The second kappa shape index (κ2) is 11.9. The van der Waals surface area contributed by atoms with Crippen molar-refractivity contribution in [1.29, 1.82) is 0 Å². The highest BCUT2D eigenvalue weighted by Crippen LogP contribution is 2.32. The first-order valence-corrected chi connectivity index (χ1v) is 10.8. The Morgan fingerprint density at radius 1 is 1.00 bits per heavy atom. The van der Waals surface area contributed by atoms with Crippen molar-refractivity contribution in [3.8, 4) is 5.75 Å². The van der Waals surface area contributed by atoms with Gasteiger partial charge in [0.2, 0.25) is 0 Å². The van der Waals surface area contributed by atoms with Gasteiger partial charge in [0.15, 0.2) is 0 Å². The van der Waals surface area contributed by atoms with Gasteiger partial charge in [0, 0.05) is 12.3 Å². The number of rotatable bonds is 12. The van der Waals surface area contributed by atoms with Crippen LogP contribution in [-0.4, -0.2) is 37.8 Å². The number of ether oxygens (including phenoxy) is 3. The number of nitrogens with one attached hydrogen (secondary N) is 1. The van der Waals surface area contributed by atoms with E-state index in [-0.39, 0.29) is 11.5 Å². The zero-order valence-electron chi connectivity index (χ0n) is 19.8. The summed E-state index contributed by atoms with van der Waals surface area (Å²) in [6.45, 7) is 15.2. The maximum absolute atomic E-state index is 13.4. The summed E-state index contributed by atoms with van der Waals surface area (Å²) >= 11 is 0. The van der Waals surface area contributed by atoms with E-state index in [2.05, 4.69) is 33.0 Å². The van der Waals surface area contributed by atoms with Gasteiger partial charge >= 0.3 is 5.97 Å². The van der Waals surface area contributed by atoms with E-state index < -0.39 is 11.6 Å². The Morgan fingerprint density at radius 3 is 2.07 bits per heavy atom. The van der Waals surface area contributed by atoms with Gasteiger partial charge < -0.3 is 19.5 Å². The minimum Gasteiger partial charge on any atom is -0.492 e. The fourth-order valence-corrected chi connectivity index (χ4v) is 3.55. The van der Waals surface area contributed by atoms with Gasteiger partial charge in [-0.1, -0.05) is 41.5 Å². The molecule has 0 saturated carbocycles. The molecule has 1 rings (SSSR count). The van der Waals surface area contributed by atoms with Crippen molar-refractivity contribution >= 4 is 17.6 Å². The van der Waals surface area contributed by atoms with Gasteiger partial charge in [0.1, 0.15) is 16.9 Å². The molecule has 0 aliphatic carbocycles. The lowest BCUT2D eigenvalue weighted by molar-refractivity contribution is -0.146. The van der Waals surface area contributed by atoms with Crippen molar-refractivity contribution < 1.29 is 23.8 Å². The maximum Gasteiger partial charge on any atom is 0.341 e. The summed E-state index contributed by atoms with van der Waals surface area (Å²) in [7, 11) is 1.32. The first-order chi connectivity index (χ1) is 14.0. The third-order valence-corrected chi connectivity index (χ3v) is 4.53. The van der Waals surface area contributed by atoms with Crippen LogP contribution < -0.4 is 10.1 Å². The first-order valence-electron chi connectivity index (χ1n) is 10.8. The number of hydrogen-bond donors (Lipinski definition) is 1. The predicted octanol–water partition coefficient (Wildman–Crippen LogP) is 5.31. The van der Waals surface area contributed by atoms with Crippen LogP contribution >= 0.6 is 0 Å². The highest BCUT2D eigenvalue weighted by Gasteiger charge is 2.40. The Kier molecular flexibility index (Phi) is 10.3. The summed E-state index contributed by atoms with van der Waals surface area (Å²) in [6, 6.07) is 5.03. The second-order valence-corrected chi connectivity index (χ2v) is 8.98. The van der Waals surface area contributed by atoms with Crippen LogP contribution in [0.15, 0.2) is 18.2 Å². The van der Waals surface area contributed by atoms with E-state index in [0.29, 0.717) is 55.2 Å². The average molecular weight is 422 g/mol. The number of anilines is 1. The lowest BCUT2D eigenvalue weighted by Gasteiger charge is -2.35. The fourth-order valence-electron chi connectivity index (χ4n) is 3.55. The molecule has 1 aromatic carbocycles. The molecule has 0 aromatic heterocycles. The van der Waals surface area contributed by atoms with Gasteiger partial charge in [-0.3, -0.25) is 4.79 Å². The number of amides is 1. The van der Waals surface area contributed by atoms with E-state index in [4.69, 9.17) is 14.2 Å². The Balaban J connectivity index is 3.23. The van der Waals surface area contributed by atoms with Gasteiger partial charge in [-0.25, -0.2) is 4.79 Å². The van der Waals surface area contributed by atoms with E-state index in [0.717, 1.165) is 0 Å². The number of esters is 1. The van der Waals surface area contributed by atoms with Crippen LogP contribution in [-0.2, 0) is 14.3 Å². The molecular weight excluding hydrogens is 382 g/mol. The van der Waals surface area contributed by atoms with Crippen molar-refractivity contribution in [3.63, 3.8) is 0 Å². The van der Waals surface area contributed by atoms with Crippen molar-refractivity contribution in [3.05, 3.63) is 23.8 Å². The monoisotopic (exact) mass is 421 g/mol. The molecule has 0 bridgehead atoms. The first kappa shape index (κ1) is 26.0. The molecule has 0 radical (unpaired) electrons. The smallest absolute Gasteiger partial charge is 0.341 e. The summed E-state index contributed by atoms with van der Waals surface area (Å²) in [6.07, 6.45) is 1.23. The molecule has 1 N–H and O–H groups in total. The molecule has 1 amide bonds. The van der Waals surface area contributed by atoms with Crippen LogP contribution in [0.2, 0.25) is 0 Å². The molecule has 0 unspecified atom stereocenters. The molecule has 0 fully saturated rings. The van der Waals surface area contributed by atoms with Gasteiger partial charge in [0.25, 0.3) is 5.91 Å². The quantitative estimate of drug-likeness (QED) is 0.463. The number of hydrogen-bond acceptors (Lipinski definition) is 5. The van der Waals surface area contributed by atoms with Crippen LogP contribution in [0.25, 0.3) is 0 Å². The molecule has 30 heavy (non-hydrogen) atoms. The van der Waals surface area contributed by atoms with Crippen molar-refractivity contribution in [1.82, 2.24) is 0 Å². The molecule has 0 aliphatic heterocycles. The zero-order chi connectivity index (χ0) is 22.9. The predicted molar refractivity (Wildman–Crippen MR) is 120 cm³/mol. The Morgan fingerprint density at radius 2 is 1.60 bits per heavy atom. The minimum absolute atomic E-state index is 0.196. The van der Waals surface area contributed by atoms with Gasteiger partial charge in [-0.15, -0.1) is 0 Å². The van der Waals surface area contributed by atoms with E-state index in [1.54, 1.807) is 18.2 Å². The SMILES string of the molecule is CCOC(CC(C)C)(CC(C)C)C(=O)Nc1ccc(OCC(C)C)c(C(=O)OC)c1. The normalized spacial score (nSPS) is 11.8. The molecule has 1 aromatic rings. The fraction of sp³-hybridized carbons (Fsp3) is 0.667. The maximum atomic E-state index is 13.4. The molecule has 0 atom stereocenters. The summed E-state index contributed by atoms with van der Waals surface area (Å²) in [5.41, 5.74) is -0.130. The van der Waals surface area contributed by atoms with Crippen LogP contribution in [0.5, 0.6) is 5.75 Å². The van der Waals surface area contributed by atoms with Gasteiger partial charge in [0.05, 0.1) is 13.7 Å². The van der Waals surface area contributed by atoms with E-state index >= 15 is 0 Å². The summed E-state index contributed by atoms with van der Waals surface area (Å²) in [5.74, 6) is 0.628. The average Bonchev–Trinajstić information content (AvgIpc) is 2.65. The molecular formula is C24H39NO5. The van der Waals surface area contributed by atoms with Crippen LogP contribution in [0.1, 0.15) is 71.7 Å². The molecule has 6 heteroatoms. The molecule has 0 saturated heterocycles. The van der Waals surface area contributed by atoms with Gasteiger partial charge in [-0.05, 0) is 55.7 Å². The Hall–Kier alpha value is -2.08. The highest BCUT2D eigenvalue weighted by molar-refractivity contribution is 5.99. The van der Waals surface area contributed by atoms with Crippen molar-refractivity contribution in [2.24, 2.45) is 17.8 Å². The van der Waals surface area contributed by atoms with Gasteiger partial charge in [-0.2, -0.15) is 0 Å². The van der Waals surface area contributed by atoms with Crippen LogP contribution in [0.3, 0.4) is 0 Å². The molecule has 6 nitrogen and oxygen atoms in total. The summed E-state index contributed by atoms with van der Waals surface area (Å²) in [4.78, 5) is 25.6. The Bertz CT molecular complexity index is 687. The number of benzene rings is 1. The van der Waals surface area contributed by atoms with Crippen molar-refractivity contribution in [2.75, 3.05) is 25.6 Å². The molecule has 0 heterocycles. The lowest BCUT2D eigenvalue weighted by atomic mass is 9.83. The van der Waals surface area contributed by atoms with Crippen LogP contribution in [0.4, 0.5) is 5.69 Å². The summed E-state index contributed by atoms with van der Waals surface area (Å²) in [5, 5.41) is 2.96. The minimum atomic E-state index is -0.921. The van der Waals surface area contributed by atoms with Crippen LogP contribution in [0, 0.1) is 17.8 Å². The topological polar surface area (TPSA) is 73.9 Å². The third kappa shape index (κ3) is 7.63. The summed E-state index contributed by atoms with van der Waals surface area (Å²) < 4.78 is 16.7. The molecule has 170 valence electrons. The lowest BCUT2D eigenvalue weighted by Crippen LogP contribution is -2.47. The number of carbonyl (C=O) groups excluding carboxylic acids is 2. The number of carbonyl (C=O) groups is 2. The number of methoxy groups -OCH3 is 1. The largest absolute Gasteiger partial charge is 0.492 e. The van der Waals surface area contributed by atoms with E-state index in [1.165, 1.54) is 7.11 Å². The second-order valence-electron chi connectivity index (χ2n) is 8.98. The molecule has 0 spiro atoms. The standard InChI is InChI=1S/C24H39NO5/c1-9-30-24(13-16(2)3,14-17(4)5)23(27)25-19-10-11-21(29-15-18(6)7)20(12-19)22(26)28-8/h10-12,16-18H,9,13-15H2,1-8H3,(H,25,27). The molecule has 0 aliphatic rings. The third-order valence-electron chi connectivity index (χ3n) is 4.53. The Labute approximate surface area is 181 Å². The van der Waals surface area contributed by atoms with E-state index in [1.807, 2.05) is 20.8 Å². The van der Waals surface area contributed by atoms with Crippen molar-refractivity contribution in [2.45, 2.75) is 66.9 Å². The zero-order valence-corrected chi connectivity index (χ0v) is 19.8.